The van der Waals surface area contributed by atoms with Crippen LogP contribution >= 0.6 is 22.7 Å². The summed E-state index contributed by atoms with van der Waals surface area (Å²) >= 11 is 3.30. The summed E-state index contributed by atoms with van der Waals surface area (Å²) in [4.78, 5) is 25.6. The topological polar surface area (TPSA) is 125 Å². The van der Waals surface area contributed by atoms with Crippen LogP contribution in [0, 0.1) is 0 Å². The Morgan fingerprint density at radius 3 is 1.50 bits per heavy atom. The number of hydrogen-bond acceptors (Lipinski definition) is 10. The fourth-order valence-corrected chi connectivity index (χ4v) is 9.38. The number of aliphatic hydroxyl groups excluding tert-OH is 1. The molecule has 1 N–H and O–H groups in total. The second kappa shape index (κ2) is 18.4. The van der Waals surface area contributed by atoms with Crippen LogP contribution in [0.25, 0.3) is 32.5 Å². The quantitative estimate of drug-likeness (QED) is 0.0899. The van der Waals surface area contributed by atoms with Crippen molar-refractivity contribution < 1.29 is 19.4 Å². The number of Topliss-reactive ketones (excluding diaryl/α,β-unsaturated/α-hetero) is 1. The highest BCUT2D eigenvalue weighted by Crippen LogP contribution is 2.33. The zero-order valence-electron chi connectivity index (χ0n) is 34.0. The maximum Gasteiger partial charge on any atom is 0.337 e. The summed E-state index contributed by atoms with van der Waals surface area (Å²) < 4.78 is 9.15. The number of carbonyl (C=O) groups is 2. The van der Waals surface area contributed by atoms with Gasteiger partial charge in [0.1, 0.15) is 18.3 Å². The van der Waals surface area contributed by atoms with Crippen molar-refractivity contribution >= 4 is 45.6 Å². The summed E-state index contributed by atoms with van der Waals surface area (Å²) in [5.41, 5.74) is 11.1. The van der Waals surface area contributed by atoms with Crippen LogP contribution in [0.1, 0.15) is 65.7 Å². The third-order valence-corrected chi connectivity index (χ3v) is 12.9. The number of aliphatic hydroxyl groups is 1. The standard InChI is InChI=1S/2C25H21N3O2S/c1-30-25(29)19-10-8-17(9-11-19)16-28-23(26-27-24(28)22-7-4-14-31-22)15-20-13-12-18-5-2-3-6-21(18)20;29-16-22(30)19-9-7-17(8-10-19)15-28-24(26-27-25(28)23-6-3-13-31-23)14-20-12-11-18-4-1-2-5-21(18)20/h2-11,13-14H,12,15-16H2,1H3;1-10,12-13,29H,11,14-16H2. The highest BCUT2D eigenvalue weighted by Gasteiger charge is 2.22. The molecule has 10 nitrogen and oxygen atoms in total. The van der Waals surface area contributed by atoms with Crippen molar-refractivity contribution in [2.24, 2.45) is 0 Å². The molecule has 0 unspecified atom stereocenters. The Labute approximate surface area is 367 Å². The van der Waals surface area contributed by atoms with Gasteiger partial charge in [0.2, 0.25) is 0 Å². The third-order valence-electron chi connectivity index (χ3n) is 11.2. The lowest BCUT2D eigenvalue weighted by atomic mass is 10.0. The number of ketones is 1. The van der Waals surface area contributed by atoms with Crippen molar-refractivity contribution in [1.29, 1.82) is 0 Å². The fraction of sp³-hybridized carbons (Fsp3) is 0.160. The Hall–Kier alpha value is -6.86. The molecule has 8 aromatic rings. The van der Waals surface area contributed by atoms with Crippen molar-refractivity contribution in [3.8, 4) is 21.4 Å². The third kappa shape index (κ3) is 8.66. The predicted octanol–water partition coefficient (Wildman–Crippen LogP) is 9.44. The Balaban J connectivity index is 0.000000158. The first-order valence-corrected chi connectivity index (χ1v) is 22.1. The Morgan fingerprint density at radius 1 is 0.597 bits per heavy atom. The molecule has 0 spiro atoms. The number of rotatable bonds is 13. The van der Waals surface area contributed by atoms with Crippen LogP contribution in [0.15, 0.2) is 144 Å². The van der Waals surface area contributed by atoms with E-state index in [1.54, 1.807) is 46.9 Å². The zero-order valence-corrected chi connectivity index (χ0v) is 35.6. The lowest BCUT2D eigenvalue weighted by molar-refractivity contribution is 0.0600. The molecule has 12 heteroatoms. The van der Waals surface area contributed by atoms with Crippen LogP contribution in [0.5, 0.6) is 0 Å². The highest BCUT2D eigenvalue weighted by molar-refractivity contribution is 7.13. The summed E-state index contributed by atoms with van der Waals surface area (Å²) in [5.74, 6) is 2.97. The van der Waals surface area contributed by atoms with Crippen LogP contribution in [0.4, 0.5) is 0 Å². The van der Waals surface area contributed by atoms with Gasteiger partial charge in [0, 0.05) is 18.4 Å². The SMILES string of the molecule is COC(=O)c1ccc(Cn2c(CC3=CCc4ccccc43)nnc2-c2cccs2)cc1.O=C(CO)c1ccc(Cn2c(CC3=CCc4ccccc43)nnc2-c2cccs2)cc1. The average Bonchev–Trinajstić information content (AvgIpc) is 4.19. The molecule has 0 saturated heterocycles. The van der Waals surface area contributed by atoms with Crippen molar-refractivity contribution in [3.05, 3.63) is 200 Å². The first-order valence-electron chi connectivity index (χ1n) is 20.3. The van der Waals surface area contributed by atoms with E-state index in [-0.39, 0.29) is 11.8 Å². The second-order valence-electron chi connectivity index (χ2n) is 15.0. The molecule has 4 aromatic carbocycles. The molecule has 2 aliphatic rings. The number of aromatic nitrogens is 6. The number of esters is 1. The van der Waals surface area contributed by atoms with Gasteiger partial charge in [-0.1, -0.05) is 109 Å². The maximum atomic E-state index is 11.7. The monoisotopic (exact) mass is 854 g/mol. The summed E-state index contributed by atoms with van der Waals surface area (Å²) in [5, 5.41) is 31.3. The largest absolute Gasteiger partial charge is 0.465 e. The second-order valence-corrected chi connectivity index (χ2v) is 16.9. The number of hydrogen-bond donors (Lipinski definition) is 1. The maximum absolute atomic E-state index is 11.7. The highest BCUT2D eigenvalue weighted by atomic mass is 32.1. The predicted molar refractivity (Wildman–Crippen MR) is 244 cm³/mol. The first kappa shape index (κ1) is 40.5. The van der Waals surface area contributed by atoms with Gasteiger partial charge in [-0.05, 0) is 92.4 Å². The lowest BCUT2D eigenvalue weighted by Crippen LogP contribution is -2.08. The van der Waals surface area contributed by atoms with Gasteiger partial charge in [0.05, 0.1) is 35.5 Å². The number of carbonyl (C=O) groups excluding carboxylic acids is 2. The van der Waals surface area contributed by atoms with Gasteiger partial charge in [-0.3, -0.25) is 4.79 Å². The molecule has 308 valence electrons. The van der Waals surface area contributed by atoms with Gasteiger partial charge in [-0.2, -0.15) is 0 Å². The molecule has 0 bridgehead atoms. The molecule has 0 amide bonds. The van der Waals surface area contributed by atoms with E-state index in [2.05, 4.69) is 108 Å². The van der Waals surface area contributed by atoms with E-state index >= 15 is 0 Å². The summed E-state index contributed by atoms with van der Waals surface area (Å²) in [7, 11) is 1.39. The van der Waals surface area contributed by atoms with E-state index in [0.29, 0.717) is 24.2 Å². The average molecular weight is 855 g/mol. The molecule has 0 aliphatic heterocycles. The molecule has 10 rings (SSSR count). The number of nitrogens with zero attached hydrogens (tertiary/aromatic N) is 6. The van der Waals surface area contributed by atoms with Crippen molar-refractivity contribution in [2.75, 3.05) is 13.7 Å². The summed E-state index contributed by atoms with van der Waals surface area (Å²) in [6.07, 6.45) is 7.94. The molecule has 0 fully saturated rings. The van der Waals surface area contributed by atoms with Gasteiger partial charge < -0.3 is 19.0 Å². The van der Waals surface area contributed by atoms with Gasteiger partial charge >= 0.3 is 5.97 Å². The molecular formula is C50H42N6O4S2. The van der Waals surface area contributed by atoms with E-state index in [1.807, 2.05) is 41.8 Å². The minimum absolute atomic E-state index is 0.275. The Kier molecular flexibility index (Phi) is 12.0. The van der Waals surface area contributed by atoms with E-state index in [4.69, 9.17) is 9.84 Å². The van der Waals surface area contributed by atoms with E-state index in [1.165, 1.54) is 40.5 Å². The number of benzene rings is 4. The first-order chi connectivity index (χ1) is 30.4. The van der Waals surface area contributed by atoms with Crippen LogP contribution in [0.3, 0.4) is 0 Å². The van der Waals surface area contributed by atoms with Crippen molar-refractivity contribution in [2.45, 2.75) is 38.8 Å². The molecule has 0 atom stereocenters. The van der Waals surface area contributed by atoms with Crippen LogP contribution in [-0.4, -0.2) is 60.1 Å². The normalized spacial score (nSPS) is 12.5. The van der Waals surface area contributed by atoms with Gasteiger partial charge in [0.25, 0.3) is 0 Å². The smallest absolute Gasteiger partial charge is 0.337 e. The number of allylic oxidation sites excluding steroid dienone is 4. The summed E-state index contributed by atoms with van der Waals surface area (Å²) in [6.45, 7) is 0.762. The minimum atomic E-state index is -0.478. The van der Waals surface area contributed by atoms with Crippen LogP contribution in [-0.2, 0) is 43.5 Å². The summed E-state index contributed by atoms with van der Waals surface area (Å²) in [6, 6.07) is 40.1. The molecule has 4 aromatic heterocycles. The lowest BCUT2D eigenvalue weighted by Gasteiger charge is -2.12. The molecule has 4 heterocycles. The fourth-order valence-electron chi connectivity index (χ4n) is 7.94. The van der Waals surface area contributed by atoms with E-state index in [9.17, 15) is 9.59 Å². The molecule has 0 radical (unpaired) electrons. The molecule has 0 saturated carbocycles. The van der Waals surface area contributed by atoms with Gasteiger partial charge in [0.15, 0.2) is 17.4 Å². The van der Waals surface area contributed by atoms with E-state index < -0.39 is 6.61 Å². The van der Waals surface area contributed by atoms with Crippen molar-refractivity contribution in [1.82, 2.24) is 29.5 Å². The number of ether oxygens (including phenoxy) is 1. The number of fused-ring (bicyclic) bond motifs is 2. The Bertz CT molecular complexity index is 2710. The van der Waals surface area contributed by atoms with E-state index in [0.717, 1.165) is 69.9 Å². The molecule has 2 aliphatic carbocycles. The molecule has 62 heavy (non-hydrogen) atoms. The Morgan fingerprint density at radius 2 is 1.06 bits per heavy atom. The number of methoxy groups -OCH3 is 1. The number of thiophene rings is 2. The zero-order chi connectivity index (χ0) is 42.4. The van der Waals surface area contributed by atoms with Crippen LogP contribution in [0.2, 0.25) is 0 Å². The van der Waals surface area contributed by atoms with Gasteiger partial charge in [-0.25, -0.2) is 4.79 Å². The minimum Gasteiger partial charge on any atom is -0.465 e. The molecular weight excluding hydrogens is 813 g/mol. The van der Waals surface area contributed by atoms with Crippen LogP contribution < -0.4 is 0 Å². The van der Waals surface area contributed by atoms with Crippen molar-refractivity contribution in [3.63, 3.8) is 0 Å². The van der Waals surface area contributed by atoms with Gasteiger partial charge in [-0.15, -0.1) is 43.1 Å².